The smallest absolute Gasteiger partial charge is 0.193 e. The Morgan fingerprint density at radius 3 is 2.55 bits per heavy atom. The second-order valence-electron chi connectivity index (χ2n) is 4.68. The van der Waals surface area contributed by atoms with Gasteiger partial charge in [0, 0.05) is 32.4 Å². The van der Waals surface area contributed by atoms with E-state index in [0.29, 0.717) is 5.25 Å². The molecule has 0 heterocycles. The van der Waals surface area contributed by atoms with E-state index in [1.807, 2.05) is 38.0 Å². The van der Waals surface area contributed by atoms with Crippen molar-refractivity contribution in [1.82, 2.24) is 10.2 Å². The first kappa shape index (κ1) is 16.7. The van der Waals surface area contributed by atoms with Gasteiger partial charge in [-0.25, -0.2) is 0 Å². The van der Waals surface area contributed by atoms with Crippen molar-refractivity contribution in [2.24, 2.45) is 4.99 Å². The van der Waals surface area contributed by atoms with Crippen LogP contribution in [0.1, 0.15) is 12.5 Å². The molecule has 0 aliphatic heterocycles. The lowest BCUT2D eigenvalue weighted by atomic mass is 10.2. The number of nitrogens with one attached hydrogen (secondary N) is 1. The Bertz CT molecular complexity index is 420. The first-order valence-electron chi connectivity index (χ1n) is 6.68. The van der Waals surface area contributed by atoms with Crippen molar-refractivity contribution in [1.29, 1.82) is 0 Å². The predicted octanol–water partition coefficient (Wildman–Crippen LogP) is 2.45. The largest absolute Gasteiger partial charge is 0.497 e. The molecule has 1 aromatic carbocycles. The molecule has 0 amide bonds. The Morgan fingerprint density at radius 1 is 1.40 bits per heavy atom. The summed E-state index contributed by atoms with van der Waals surface area (Å²) >= 11 is 1.85. The van der Waals surface area contributed by atoms with Crippen LogP contribution in [-0.2, 0) is 6.54 Å². The van der Waals surface area contributed by atoms with Gasteiger partial charge < -0.3 is 15.0 Å². The zero-order valence-corrected chi connectivity index (χ0v) is 13.8. The first-order valence-corrected chi connectivity index (χ1v) is 7.97. The topological polar surface area (TPSA) is 36.9 Å². The summed E-state index contributed by atoms with van der Waals surface area (Å²) in [4.78, 5) is 6.44. The second-order valence-corrected chi connectivity index (χ2v) is 5.95. The maximum Gasteiger partial charge on any atom is 0.193 e. The minimum Gasteiger partial charge on any atom is -0.497 e. The van der Waals surface area contributed by atoms with Crippen molar-refractivity contribution < 1.29 is 4.74 Å². The number of hydrogen-bond acceptors (Lipinski definition) is 3. The van der Waals surface area contributed by atoms with Crippen LogP contribution in [0.25, 0.3) is 0 Å². The molecule has 0 saturated heterocycles. The fraction of sp³-hybridized carbons (Fsp3) is 0.533. The fourth-order valence-electron chi connectivity index (χ4n) is 1.78. The lowest BCUT2D eigenvalue weighted by Gasteiger charge is -2.23. The van der Waals surface area contributed by atoms with E-state index in [-0.39, 0.29) is 0 Å². The molecule has 0 aromatic heterocycles. The summed E-state index contributed by atoms with van der Waals surface area (Å²) in [5, 5.41) is 3.96. The summed E-state index contributed by atoms with van der Waals surface area (Å²) in [5.41, 5.74) is 1.23. The van der Waals surface area contributed by atoms with Crippen LogP contribution in [0.2, 0.25) is 0 Å². The Hall–Kier alpha value is -1.36. The van der Waals surface area contributed by atoms with Crippen LogP contribution < -0.4 is 10.1 Å². The molecule has 0 aliphatic rings. The van der Waals surface area contributed by atoms with Gasteiger partial charge in [-0.1, -0.05) is 19.1 Å². The molecule has 0 spiro atoms. The lowest BCUT2D eigenvalue weighted by molar-refractivity contribution is 0.414. The molecule has 0 radical (unpaired) electrons. The van der Waals surface area contributed by atoms with E-state index in [0.717, 1.165) is 24.8 Å². The van der Waals surface area contributed by atoms with Crippen LogP contribution in [0.15, 0.2) is 29.3 Å². The van der Waals surface area contributed by atoms with E-state index in [1.165, 1.54) is 5.56 Å². The highest BCUT2D eigenvalue weighted by atomic mass is 32.2. The third-order valence-electron chi connectivity index (χ3n) is 3.10. The minimum atomic E-state index is 0.570. The summed E-state index contributed by atoms with van der Waals surface area (Å²) in [6.07, 6.45) is 2.12. The van der Waals surface area contributed by atoms with E-state index in [2.05, 4.69) is 40.5 Å². The molecule has 1 N–H and O–H groups in total. The highest BCUT2D eigenvalue weighted by Gasteiger charge is 2.08. The molecule has 0 bridgehead atoms. The molecule has 0 saturated carbocycles. The third kappa shape index (κ3) is 5.33. The summed E-state index contributed by atoms with van der Waals surface area (Å²) in [7, 11) is 5.54. The van der Waals surface area contributed by atoms with Crippen LogP contribution in [0.4, 0.5) is 0 Å². The Morgan fingerprint density at radius 2 is 2.05 bits per heavy atom. The number of guanidine groups is 1. The van der Waals surface area contributed by atoms with Crippen LogP contribution >= 0.6 is 11.8 Å². The Kier molecular flexibility index (Phi) is 7.30. The average Bonchev–Trinajstić information content (AvgIpc) is 2.48. The van der Waals surface area contributed by atoms with E-state index in [4.69, 9.17) is 4.74 Å². The molecule has 0 aliphatic carbocycles. The number of aliphatic imine (C=N–C) groups is 1. The molecule has 5 heteroatoms. The van der Waals surface area contributed by atoms with Crippen molar-refractivity contribution in [3.05, 3.63) is 29.8 Å². The van der Waals surface area contributed by atoms with Gasteiger partial charge in [0.2, 0.25) is 0 Å². The zero-order valence-electron chi connectivity index (χ0n) is 13.0. The maximum atomic E-state index is 5.17. The lowest BCUT2D eigenvalue weighted by Crippen LogP contribution is -2.40. The van der Waals surface area contributed by atoms with E-state index in [9.17, 15) is 0 Å². The van der Waals surface area contributed by atoms with Gasteiger partial charge in [-0.3, -0.25) is 4.99 Å². The van der Waals surface area contributed by atoms with Gasteiger partial charge in [-0.05, 0) is 24.0 Å². The molecular weight excluding hydrogens is 270 g/mol. The highest BCUT2D eigenvalue weighted by molar-refractivity contribution is 7.99. The van der Waals surface area contributed by atoms with Crippen molar-refractivity contribution in [3.63, 3.8) is 0 Å². The number of hydrogen-bond donors (Lipinski definition) is 1. The molecule has 4 nitrogen and oxygen atoms in total. The first-order chi connectivity index (χ1) is 9.60. The van der Waals surface area contributed by atoms with Crippen molar-refractivity contribution in [3.8, 4) is 5.75 Å². The molecule has 20 heavy (non-hydrogen) atoms. The summed E-state index contributed by atoms with van der Waals surface area (Å²) < 4.78 is 5.17. The fourth-order valence-corrected chi connectivity index (χ4v) is 2.03. The molecule has 0 fully saturated rings. The number of thioether (sulfide) groups is 1. The average molecular weight is 295 g/mol. The van der Waals surface area contributed by atoms with Crippen LogP contribution in [0, 0.1) is 0 Å². The van der Waals surface area contributed by atoms with Gasteiger partial charge >= 0.3 is 0 Å². The monoisotopic (exact) mass is 295 g/mol. The SMILES string of the molecule is CN=C(NCC(C)SC)N(C)Cc1ccc(OC)cc1. The highest BCUT2D eigenvalue weighted by Crippen LogP contribution is 2.12. The van der Waals surface area contributed by atoms with Gasteiger partial charge in [0.25, 0.3) is 0 Å². The van der Waals surface area contributed by atoms with Gasteiger partial charge in [-0.15, -0.1) is 0 Å². The molecule has 112 valence electrons. The predicted molar refractivity (Wildman–Crippen MR) is 88.8 cm³/mol. The summed E-state index contributed by atoms with van der Waals surface area (Å²) in [6, 6.07) is 8.12. The van der Waals surface area contributed by atoms with Gasteiger partial charge in [0.15, 0.2) is 5.96 Å². The number of rotatable bonds is 6. The van der Waals surface area contributed by atoms with Gasteiger partial charge in [0.05, 0.1) is 7.11 Å². The molecular formula is C15H25N3OS. The number of ether oxygens (including phenoxy) is 1. The van der Waals surface area contributed by atoms with Crippen LogP contribution in [-0.4, -0.2) is 50.1 Å². The second kappa shape index (κ2) is 8.74. The molecule has 1 unspecified atom stereocenters. The van der Waals surface area contributed by atoms with E-state index in [1.54, 1.807) is 7.11 Å². The third-order valence-corrected chi connectivity index (χ3v) is 4.07. The quantitative estimate of drug-likeness (QED) is 0.646. The Labute approximate surface area is 126 Å². The number of benzene rings is 1. The maximum absolute atomic E-state index is 5.17. The van der Waals surface area contributed by atoms with Crippen molar-refractivity contribution in [2.75, 3.05) is 34.0 Å². The molecule has 1 atom stereocenters. The number of methoxy groups -OCH3 is 1. The van der Waals surface area contributed by atoms with Crippen molar-refractivity contribution >= 4 is 17.7 Å². The normalized spacial score (nSPS) is 12.9. The van der Waals surface area contributed by atoms with Crippen LogP contribution in [0.5, 0.6) is 5.75 Å². The van der Waals surface area contributed by atoms with E-state index < -0.39 is 0 Å². The minimum absolute atomic E-state index is 0.570. The van der Waals surface area contributed by atoms with Gasteiger partial charge in [0.1, 0.15) is 5.75 Å². The zero-order chi connectivity index (χ0) is 15.0. The van der Waals surface area contributed by atoms with Gasteiger partial charge in [-0.2, -0.15) is 11.8 Å². The van der Waals surface area contributed by atoms with E-state index >= 15 is 0 Å². The standard InChI is InChI=1S/C15H25N3OS/c1-12(20-5)10-17-15(16-2)18(3)11-13-6-8-14(19-4)9-7-13/h6-9,12H,10-11H2,1-5H3,(H,16,17). The molecule has 1 rings (SSSR count). The van der Waals surface area contributed by atoms with Crippen LogP contribution in [0.3, 0.4) is 0 Å². The summed E-state index contributed by atoms with van der Waals surface area (Å²) in [5.74, 6) is 1.80. The summed E-state index contributed by atoms with van der Waals surface area (Å²) in [6.45, 7) is 3.94. The van der Waals surface area contributed by atoms with Crippen molar-refractivity contribution in [2.45, 2.75) is 18.7 Å². The number of nitrogens with zero attached hydrogens (tertiary/aromatic N) is 2. The molecule has 1 aromatic rings. The Balaban J connectivity index is 2.55.